The van der Waals surface area contributed by atoms with Crippen molar-refractivity contribution >= 4 is 40.0 Å². The maximum absolute atomic E-state index is 15.1. The molecule has 1 saturated carbocycles. The number of fused-ring (bicyclic) bond motifs is 1. The van der Waals surface area contributed by atoms with Crippen LogP contribution in [0.2, 0.25) is 5.02 Å². The molecular weight excluding hydrogens is 535 g/mol. The minimum absolute atomic E-state index is 0.0547. The quantitative estimate of drug-likeness (QED) is 0.243. The smallest absolute Gasteiger partial charge is 0.254 e. The molecule has 7 nitrogen and oxygen atoms in total. The van der Waals surface area contributed by atoms with Gasteiger partial charge < -0.3 is 14.8 Å². The summed E-state index contributed by atoms with van der Waals surface area (Å²) in [6.07, 6.45) is 2.60. The normalized spacial score (nSPS) is 13.5. The molecule has 1 aromatic heterocycles. The van der Waals surface area contributed by atoms with E-state index in [2.05, 4.69) is 10.3 Å². The summed E-state index contributed by atoms with van der Waals surface area (Å²) in [4.78, 5) is 42.8. The van der Waals surface area contributed by atoms with E-state index in [4.69, 9.17) is 21.1 Å². The van der Waals surface area contributed by atoms with Gasteiger partial charge in [-0.1, -0.05) is 29.8 Å². The number of Topliss-reactive ketones (excluding diaryl/α,β-unsaturated/α-hetero) is 2. The number of hydrogen-bond donors (Lipinski definition) is 1. The number of carbonyl (C=O) groups excluding carboxylic acids is 3. The van der Waals surface area contributed by atoms with E-state index in [0.717, 1.165) is 5.56 Å². The van der Waals surface area contributed by atoms with E-state index in [1.54, 1.807) is 48.5 Å². The van der Waals surface area contributed by atoms with Crippen molar-refractivity contribution in [1.29, 1.82) is 0 Å². The Labute approximate surface area is 235 Å². The molecule has 0 saturated heterocycles. The van der Waals surface area contributed by atoms with E-state index in [1.165, 1.54) is 32.5 Å². The third-order valence-corrected chi connectivity index (χ3v) is 7.42. The highest BCUT2D eigenvalue weighted by atomic mass is 35.5. The first-order valence-corrected chi connectivity index (χ1v) is 13.1. The van der Waals surface area contributed by atoms with Gasteiger partial charge in [0.15, 0.2) is 23.1 Å². The SMILES string of the molecule is CNC(=O)c1cc2c(Oc3ccc(CC(=O)C4(C(=O)Cc5ccc(Cl)cc5)CC4)cc3F)ccnc2cc1OC. The maximum atomic E-state index is 15.1. The Morgan fingerprint density at radius 3 is 2.23 bits per heavy atom. The number of amides is 1. The highest BCUT2D eigenvalue weighted by Gasteiger charge is 2.54. The molecule has 0 spiro atoms. The van der Waals surface area contributed by atoms with E-state index in [1.807, 2.05) is 0 Å². The van der Waals surface area contributed by atoms with Gasteiger partial charge >= 0.3 is 0 Å². The van der Waals surface area contributed by atoms with E-state index in [-0.39, 0.29) is 41.6 Å². The third-order valence-electron chi connectivity index (χ3n) is 7.17. The number of nitrogens with one attached hydrogen (secondary N) is 1. The second-order valence-electron chi connectivity index (χ2n) is 9.73. The highest BCUT2D eigenvalue weighted by molar-refractivity contribution is 6.30. The lowest BCUT2D eigenvalue weighted by atomic mass is 9.88. The fourth-order valence-electron chi connectivity index (χ4n) is 4.72. The van der Waals surface area contributed by atoms with Crippen molar-refractivity contribution in [3.05, 3.63) is 94.4 Å². The second-order valence-corrected chi connectivity index (χ2v) is 10.2. The van der Waals surface area contributed by atoms with Crippen LogP contribution in [-0.4, -0.2) is 36.6 Å². The van der Waals surface area contributed by atoms with E-state index >= 15 is 4.39 Å². The molecule has 1 fully saturated rings. The van der Waals surface area contributed by atoms with Crippen LogP contribution in [0.5, 0.6) is 17.2 Å². The number of nitrogens with zero attached hydrogens (tertiary/aromatic N) is 1. The van der Waals surface area contributed by atoms with Crippen LogP contribution < -0.4 is 14.8 Å². The Hall–Kier alpha value is -4.30. The number of pyridine rings is 1. The summed E-state index contributed by atoms with van der Waals surface area (Å²) in [6, 6.07) is 16.0. The van der Waals surface area contributed by atoms with Crippen molar-refractivity contribution in [3.63, 3.8) is 0 Å². The fraction of sp³-hybridized carbons (Fsp3) is 0.226. The Morgan fingerprint density at radius 1 is 0.925 bits per heavy atom. The summed E-state index contributed by atoms with van der Waals surface area (Å²) >= 11 is 5.92. The predicted molar refractivity (Wildman–Crippen MR) is 149 cm³/mol. The minimum Gasteiger partial charge on any atom is -0.496 e. The molecular formula is C31H26ClFN2O5. The monoisotopic (exact) mass is 560 g/mol. The number of aromatic nitrogens is 1. The van der Waals surface area contributed by atoms with E-state index in [0.29, 0.717) is 45.8 Å². The van der Waals surface area contributed by atoms with Crippen LogP contribution in [0.3, 0.4) is 0 Å². The molecule has 5 rings (SSSR count). The lowest BCUT2D eigenvalue weighted by molar-refractivity contribution is -0.133. The van der Waals surface area contributed by atoms with Gasteiger partial charge in [-0.15, -0.1) is 0 Å². The van der Waals surface area contributed by atoms with Gasteiger partial charge in [0, 0.05) is 42.6 Å². The van der Waals surface area contributed by atoms with Gasteiger partial charge in [0.25, 0.3) is 5.91 Å². The molecule has 0 radical (unpaired) electrons. The molecule has 9 heteroatoms. The molecule has 1 aliphatic rings. The zero-order valence-corrected chi connectivity index (χ0v) is 22.7. The van der Waals surface area contributed by atoms with Gasteiger partial charge in [-0.05, 0) is 60.4 Å². The van der Waals surface area contributed by atoms with Crippen molar-refractivity contribution in [1.82, 2.24) is 10.3 Å². The van der Waals surface area contributed by atoms with Gasteiger partial charge in [0.1, 0.15) is 11.5 Å². The van der Waals surface area contributed by atoms with Crippen molar-refractivity contribution in [3.8, 4) is 17.2 Å². The summed E-state index contributed by atoms with van der Waals surface area (Å²) in [5.41, 5.74) is 1.02. The van der Waals surface area contributed by atoms with Crippen LogP contribution in [0, 0.1) is 11.2 Å². The first-order valence-electron chi connectivity index (χ1n) is 12.7. The summed E-state index contributed by atoms with van der Waals surface area (Å²) in [7, 11) is 2.96. The van der Waals surface area contributed by atoms with E-state index < -0.39 is 11.2 Å². The lowest BCUT2D eigenvalue weighted by Gasteiger charge is -2.15. The summed E-state index contributed by atoms with van der Waals surface area (Å²) in [5, 5.41) is 3.64. The Kier molecular flexibility index (Phi) is 7.54. The second kappa shape index (κ2) is 11.1. The zero-order valence-electron chi connectivity index (χ0n) is 21.9. The lowest BCUT2D eigenvalue weighted by Crippen LogP contribution is -2.28. The number of methoxy groups -OCH3 is 1. The van der Waals surface area contributed by atoms with E-state index in [9.17, 15) is 14.4 Å². The average molecular weight is 561 g/mol. The summed E-state index contributed by atoms with van der Waals surface area (Å²) in [6.45, 7) is 0. The molecule has 0 aliphatic heterocycles. The molecule has 4 aromatic rings. The number of rotatable bonds is 10. The number of ketones is 2. The molecule has 1 heterocycles. The molecule has 1 amide bonds. The maximum Gasteiger partial charge on any atom is 0.254 e. The molecule has 1 N–H and O–H groups in total. The van der Waals surface area contributed by atoms with Gasteiger partial charge in [-0.25, -0.2) is 4.39 Å². The van der Waals surface area contributed by atoms with Crippen molar-refractivity contribution < 1.29 is 28.2 Å². The Bertz CT molecular complexity index is 1630. The third kappa shape index (κ3) is 5.40. The van der Waals surface area contributed by atoms with Gasteiger partial charge in [0.2, 0.25) is 0 Å². The number of benzene rings is 3. The topological polar surface area (TPSA) is 94.6 Å². The molecule has 3 aromatic carbocycles. The minimum atomic E-state index is -1.01. The van der Waals surface area contributed by atoms with Gasteiger partial charge in [0.05, 0.1) is 23.6 Å². The number of hydrogen-bond acceptors (Lipinski definition) is 6. The molecule has 1 aliphatic carbocycles. The first-order chi connectivity index (χ1) is 19.2. The van der Waals surface area contributed by atoms with Gasteiger partial charge in [-0.3, -0.25) is 19.4 Å². The first kappa shape index (κ1) is 27.3. The van der Waals surface area contributed by atoms with Crippen molar-refractivity contribution in [2.75, 3.05) is 14.2 Å². The number of ether oxygens (including phenoxy) is 2. The molecule has 40 heavy (non-hydrogen) atoms. The zero-order chi connectivity index (χ0) is 28.4. The van der Waals surface area contributed by atoms with Crippen molar-refractivity contribution in [2.24, 2.45) is 5.41 Å². The molecule has 0 unspecified atom stereocenters. The predicted octanol–water partition coefficient (Wildman–Crippen LogP) is 5.89. The van der Waals surface area contributed by atoms with Crippen LogP contribution in [0.1, 0.15) is 34.3 Å². The van der Waals surface area contributed by atoms with Gasteiger partial charge in [-0.2, -0.15) is 0 Å². The van der Waals surface area contributed by atoms with Crippen LogP contribution in [0.4, 0.5) is 4.39 Å². The van der Waals surface area contributed by atoms with Crippen molar-refractivity contribution in [2.45, 2.75) is 25.7 Å². The standard InChI is InChI=1S/C31H26ClFN2O5/c1-34-30(38)22-16-21-24(17-27(22)39-2)35-12-9-25(21)40-26-8-5-19(13-23(26)33)15-29(37)31(10-11-31)28(36)14-18-3-6-20(32)7-4-18/h3-9,12-13,16-17H,10-11,14-15H2,1-2H3,(H,34,38). The Balaban J connectivity index is 1.33. The molecule has 0 atom stereocenters. The van der Waals surface area contributed by atoms with Crippen LogP contribution in [-0.2, 0) is 22.4 Å². The number of halogens is 2. The molecule has 204 valence electrons. The van der Waals surface area contributed by atoms with Crippen LogP contribution in [0.15, 0.2) is 66.9 Å². The highest BCUT2D eigenvalue weighted by Crippen LogP contribution is 2.49. The largest absolute Gasteiger partial charge is 0.496 e. The van der Waals surface area contributed by atoms with Crippen LogP contribution >= 0.6 is 11.6 Å². The van der Waals surface area contributed by atoms with Crippen LogP contribution in [0.25, 0.3) is 10.9 Å². The molecule has 0 bridgehead atoms. The fourth-order valence-corrected chi connectivity index (χ4v) is 4.85. The average Bonchev–Trinajstić information content (AvgIpc) is 3.77. The Morgan fingerprint density at radius 2 is 1.60 bits per heavy atom. The summed E-state index contributed by atoms with van der Waals surface area (Å²) < 4.78 is 26.3. The number of carbonyl (C=O) groups is 3. The summed E-state index contributed by atoms with van der Waals surface area (Å²) in [5.74, 6) is -0.766.